The minimum atomic E-state index is -0.0252. The molecule has 0 aliphatic carbocycles. The molecule has 2 aliphatic rings. The topological polar surface area (TPSA) is 82.2 Å². The first-order valence-electron chi connectivity index (χ1n) is 12.9. The number of ether oxygens (including phenoxy) is 1. The molecule has 2 amide bonds. The Morgan fingerprint density at radius 3 is 1.71 bits per heavy atom. The van der Waals surface area contributed by atoms with E-state index in [9.17, 15) is 9.59 Å². The zero-order valence-electron chi connectivity index (χ0n) is 23.3. The number of piperidine rings is 2. The van der Waals surface area contributed by atoms with Gasteiger partial charge in [0.15, 0.2) is 0 Å². The van der Waals surface area contributed by atoms with Gasteiger partial charge in [-0.05, 0) is 70.7 Å². The molecule has 0 aromatic heterocycles. The van der Waals surface area contributed by atoms with Crippen LogP contribution in [0.15, 0.2) is 0 Å². The summed E-state index contributed by atoms with van der Waals surface area (Å²) in [7, 11) is 5.34. The fourth-order valence-electron chi connectivity index (χ4n) is 3.68. The van der Waals surface area contributed by atoms with Gasteiger partial charge in [-0.15, -0.1) is 0 Å². The van der Waals surface area contributed by atoms with Gasteiger partial charge >= 0.3 is 0 Å². The van der Waals surface area contributed by atoms with E-state index in [2.05, 4.69) is 61.5 Å². The smallest absolute Gasteiger partial charge is 0.292 e. The maximum atomic E-state index is 12.0. The number of carbonyl (C=O) groups is 3. The van der Waals surface area contributed by atoms with Crippen molar-refractivity contribution < 1.29 is 19.1 Å². The van der Waals surface area contributed by atoms with Crippen LogP contribution in [-0.2, 0) is 19.1 Å². The molecule has 0 saturated carbocycles. The van der Waals surface area contributed by atoms with Gasteiger partial charge in [-0.1, -0.05) is 47.5 Å². The highest BCUT2D eigenvalue weighted by atomic mass is 16.5. The molecule has 0 unspecified atom stereocenters. The van der Waals surface area contributed by atoms with Gasteiger partial charge in [-0.2, -0.15) is 0 Å². The van der Waals surface area contributed by atoms with E-state index < -0.39 is 0 Å². The van der Waals surface area contributed by atoms with Gasteiger partial charge in [0.1, 0.15) is 0 Å². The van der Waals surface area contributed by atoms with Crippen LogP contribution in [0.4, 0.5) is 0 Å². The molecular formula is C26H54N4O4. The van der Waals surface area contributed by atoms with Crippen LogP contribution in [0.2, 0.25) is 0 Å². The Labute approximate surface area is 209 Å². The summed E-state index contributed by atoms with van der Waals surface area (Å²) >= 11 is 0. The van der Waals surface area contributed by atoms with E-state index in [-0.39, 0.29) is 18.5 Å². The number of likely N-dealkylation sites (tertiary alicyclic amines) is 2. The number of nitrogens with one attached hydrogen (secondary N) is 1. The lowest BCUT2D eigenvalue weighted by Gasteiger charge is -2.37. The number of methoxy groups -OCH3 is 1. The lowest BCUT2D eigenvalue weighted by atomic mass is 10.0. The van der Waals surface area contributed by atoms with Crippen LogP contribution in [0, 0.1) is 11.8 Å². The zero-order valence-corrected chi connectivity index (χ0v) is 23.3. The summed E-state index contributed by atoms with van der Waals surface area (Å²) < 4.78 is 3.86. The lowest BCUT2D eigenvalue weighted by molar-refractivity contribution is -0.133. The predicted octanol–water partition coefficient (Wildman–Crippen LogP) is 3.25. The Morgan fingerprint density at radius 1 is 0.941 bits per heavy atom. The van der Waals surface area contributed by atoms with Gasteiger partial charge < -0.3 is 24.8 Å². The molecule has 0 aromatic rings. The molecule has 2 aliphatic heterocycles. The quantitative estimate of drug-likeness (QED) is 0.531. The van der Waals surface area contributed by atoms with Crippen molar-refractivity contribution in [3.05, 3.63) is 0 Å². The third-order valence-electron chi connectivity index (χ3n) is 5.57. The maximum absolute atomic E-state index is 12.0. The van der Waals surface area contributed by atoms with Crippen LogP contribution >= 0.6 is 0 Å². The van der Waals surface area contributed by atoms with Crippen LogP contribution in [0.3, 0.4) is 0 Å². The van der Waals surface area contributed by atoms with Crippen molar-refractivity contribution >= 4 is 18.8 Å². The Hall–Kier alpha value is -1.67. The van der Waals surface area contributed by atoms with E-state index in [1.54, 1.807) is 4.90 Å². The SMILES string of the molecule is CC(C)C.CC(C)[C@@H](CN1CCCCC1)N(C)C(=O)CNC=O.CN1CCCCC1.COC=O. The fourth-order valence-corrected chi connectivity index (χ4v) is 3.68. The second kappa shape index (κ2) is 23.1. The standard InChI is InChI=1S/C14H27N3O2.C6H13N.C4H10.C2H4O2/c1-12(2)13(10-17-7-5-4-6-8-17)16(3)14(19)9-15-11-18;1-7-5-3-2-4-6-7;1-4(2)3;1-4-2-3/h11-13H,4-10H2,1-3H3,(H,15,18);2-6H2,1H3;4H,1-3H3;2H,1H3/t13-;;;/m1.../s1. The van der Waals surface area contributed by atoms with Gasteiger partial charge in [0.05, 0.1) is 13.7 Å². The molecule has 2 saturated heterocycles. The molecule has 2 fully saturated rings. The Kier molecular flexibility index (Phi) is 23.4. The van der Waals surface area contributed by atoms with E-state index in [0.717, 1.165) is 25.6 Å². The number of hydrogen-bond acceptors (Lipinski definition) is 6. The highest BCUT2D eigenvalue weighted by Gasteiger charge is 2.25. The summed E-state index contributed by atoms with van der Waals surface area (Å²) in [4.78, 5) is 37.8. The minimum absolute atomic E-state index is 0.0252. The van der Waals surface area contributed by atoms with Crippen LogP contribution in [-0.4, -0.2) is 100 Å². The molecule has 2 rings (SSSR count). The molecule has 8 heteroatoms. The summed E-state index contributed by atoms with van der Waals surface area (Å²) in [6.07, 6.45) is 8.68. The third-order valence-corrected chi connectivity index (χ3v) is 5.57. The van der Waals surface area contributed by atoms with Gasteiger partial charge in [0, 0.05) is 19.6 Å². The second-order valence-corrected chi connectivity index (χ2v) is 10.1. The van der Waals surface area contributed by atoms with Gasteiger partial charge in [0.2, 0.25) is 12.3 Å². The molecule has 1 N–H and O–H groups in total. The van der Waals surface area contributed by atoms with Gasteiger partial charge in [-0.25, -0.2) is 0 Å². The van der Waals surface area contributed by atoms with E-state index in [4.69, 9.17) is 4.79 Å². The zero-order chi connectivity index (χ0) is 26.4. The number of nitrogens with zero attached hydrogens (tertiary/aromatic N) is 3. The van der Waals surface area contributed by atoms with E-state index >= 15 is 0 Å². The first-order chi connectivity index (χ1) is 16.1. The average molecular weight is 487 g/mol. The number of carbonyl (C=O) groups excluding carboxylic acids is 3. The molecule has 202 valence electrons. The summed E-state index contributed by atoms with van der Waals surface area (Å²) in [6.45, 7) is 17.1. The summed E-state index contributed by atoms with van der Waals surface area (Å²) in [6, 6.07) is 0.207. The predicted molar refractivity (Wildman–Crippen MR) is 141 cm³/mol. The van der Waals surface area contributed by atoms with Crippen molar-refractivity contribution in [1.29, 1.82) is 0 Å². The minimum Gasteiger partial charge on any atom is -0.471 e. The van der Waals surface area contributed by atoms with Crippen molar-refractivity contribution in [3.63, 3.8) is 0 Å². The van der Waals surface area contributed by atoms with Crippen LogP contribution in [0.1, 0.15) is 73.1 Å². The molecule has 1 atom stereocenters. The van der Waals surface area contributed by atoms with Crippen molar-refractivity contribution in [3.8, 4) is 0 Å². The largest absolute Gasteiger partial charge is 0.471 e. The van der Waals surface area contributed by atoms with Gasteiger partial charge in [0.25, 0.3) is 6.47 Å². The number of hydrogen-bond donors (Lipinski definition) is 1. The van der Waals surface area contributed by atoms with E-state index in [1.165, 1.54) is 58.7 Å². The summed E-state index contributed by atoms with van der Waals surface area (Å²) in [5, 5.41) is 2.44. The maximum Gasteiger partial charge on any atom is 0.292 e. The average Bonchev–Trinajstić information content (AvgIpc) is 2.81. The molecule has 2 heterocycles. The highest BCUT2D eigenvalue weighted by molar-refractivity contribution is 5.80. The van der Waals surface area contributed by atoms with Gasteiger partial charge in [-0.3, -0.25) is 14.4 Å². The van der Waals surface area contributed by atoms with Crippen molar-refractivity contribution in [2.75, 3.05) is 60.5 Å². The number of amides is 2. The summed E-state index contributed by atoms with van der Waals surface area (Å²) in [5.74, 6) is 1.22. The molecule has 0 spiro atoms. The lowest BCUT2D eigenvalue weighted by Crippen LogP contribution is -2.50. The normalized spacial score (nSPS) is 17.0. The van der Waals surface area contributed by atoms with Crippen molar-refractivity contribution in [2.45, 2.75) is 79.2 Å². The Bertz CT molecular complexity index is 488. The monoisotopic (exact) mass is 486 g/mol. The first kappa shape index (κ1) is 34.5. The van der Waals surface area contributed by atoms with E-state index in [0.29, 0.717) is 18.8 Å². The molecule has 0 bridgehead atoms. The van der Waals surface area contributed by atoms with Crippen molar-refractivity contribution in [2.24, 2.45) is 11.8 Å². The molecular weight excluding hydrogens is 432 g/mol. The van der Waals surface area contributed by atoms with E-state index in [1.807, 2.05) is 7.05 Å². The molecule has 0 radical (unpaired) electrons. The van der Waals surface area contributed by atoms with Crippen molar-refractivity contribution in [1.82, 2.24) is 20.0 Å². The molecule has 8 nitrogen and oxygen atoms in total. The Morgan fingerprint density at radius 2 is 1.38 bits per heavy atom. The first-order valence-corrected chi connectivity index (χ1v) is 12.9. The summed E-state index contributed by atoms with van der Waals surface area (Å²) in [5.41, 5.74) is 0. The highest BCUT2D eigenvalue weighted by Crippen LogP contribution is 2.15. The van der Waals surface area contributed by atoms with Crippen LogP contribution < -0.4 is 5.32 Å². The third kappa shape index (κ3) is 20.9. The number of likely N-dealkylation sites (N-methyl/N-ethyl adjacent to an activating group) is 1. The molecule has 0 aromatic carbocycles. The molecule has 34 heavy (non-hydrogen) atoms. The number of rotatable bonds is 8. The second-order valence-electron chi connectivity index (χ2n) is 10.1. The fraction of sp³-hybridized carbons (Fsp3) is 0.885. The van der Waals surface area contributed by atoms with Crippen LogP contribution in [0.5, 0.6) is 0 Å². The Balaban J connectivity index is 0. The van der Waals surface area contributed by atoms with Crippen LogP contribution in [0.25, 0.3) is 0 Å².